The van der Waals surface area contributed by atoms with E-state index >= 15 is 0 Å². The van der Waals surface area contributed by atoms with E-state index in [0.717, 1.165) is 50.9 Å². The first-order valence-corrected chi connectivity index (χ1v) is 12.8. The predicted molar refractivity (Wildman–Crippen MR) is 149 cm³/mol. The van der Waals surface area contributed by atoms with Crippen molar-refractivity contribution in [2.75, 3.05) is 66.4 Å². The van der Waals surface area contributed by atoms with Crippen molar-refractivity contribution in [1.82, 2.24) is 0 Å². The normalized spacial score (nSPS) is 19.5. The molecule has 10 nitrogen and oxygen atoms in total. The van der Waals surface area contributed by atoms with E-state index in [1.165, 1.54) is 0 Å². The van der Waals surface area contributed by atoms with E-state index in [0.29, 0.717) is 0 Å². The molecule has 3 atom stereocenters. The second-order valence-electron chi connectivity index (χ2n) is 10.3. The Kier molecular flexibility index (Phi) is 9.44. The lowest BCUT2D eigenvalue weighted by atomic mass is 9.66. The lowest BCUT2D eigenvalue weighted by molar-refractivity contribution is -0.178. The van der Waals surface area contributed by atoms with E-state index in [1.807, 2.05) is 86.5 Å². The van der Waals surface area contributed by atoms with Gasteiger partial charge in [-0.25, -0.2) is 0 Å². The maximum atomic E-state index is 13.7. The van der Waals surface area contributed by atoms with Gasteiger partial charge in [0, 0.05) is 45.5 Å². The van der Waals surface area contributed by atoms with Crippen LogP contribution in [-0.2, 0) is 38.1 Å². The number of benzene rings is 2. The number of methoxy groups -OCH3 is 4. The van der Waals surface area contributed by atoms with E-state index in [1.54, 1.807) is 0 Å². The summed E-state index contributed by atoms with van der Waals surface area (Å²) < 4.78 is 20.4. The number of hydrogen-bond donors (Lipinski definition) is 0. The van der Waals surface area contributed by atoms with Crippen molar-refractivity contribution in [3.8, 4) is 0 Å². The average molecular weight is 555 g/mol. The second kappa shape index (κ2) is 12.4. The summed E-state index contributed by atoms with van der Waals surface area (Å²) in [6.07, 6.45) is -0.0666. The van der Waals surface area contributed by atoms with Crippen LogP contribution >= 0.6 is 0 Å². The largest absolute Gasteiger partial charge is 0.468 e. The molecule has 0 N–H and O–H groups in total. The van der Waals surface area contributed by atoms with Crippen LogP contribution < -0.4 is 9.80 Å². The molecule has 0 amide bonds. The maximum Gasteiger partial charge on any atom is 0.323 e. The highest BCUT2D eigenvalue weighted by molar-refractivity contribution is 6.04. The highest BCUT2D eigenvalue weighted by Crippen LogP contribution is 2.62. The van der Waals surface area contributed by atoms with Crippen LogP contribution in [0.4, 0.5) is 11.4 Å². The van der Waals surface area contributed by atoms with E-state index < -0.39 is 53.0 Å². The standard InChI is InChI=1S/C30H38N2O8/c1-31(2)20-13-9-18(10-14-20)22-17-30(28(35)39-7,29(36)40-8)25(24(26(33)37-5)27(34)38-6)23(22)19-11-15-21(16-12-19)32(3)4/h9-16,22-25H,17H2,1-8H3/t22-,23-,25-/m1/s1. The summed E-state index contributed by atoms with van der Waals surface area (Å²) in [4.78, 5) is 57.7. The Morgan fingerprint density at radius 2 is 1.07 bits per heavy atom. The summed E-state index contributed by atoms with van der Waals surface area (Å²) in [5.41, 5.74) is 1.42. The van der Waals surface area contributed by atoms with E-state index in [-0.39, 0.29) is 6.42 Å². The van der Waals surface area contributed by atoms with E-state index in [2.05, 4.69) is 0 Å². The number of ether oxygens (including phenoxy) is 4. The molecule has 2 aromatic carbocycles. The molecular weight excluding hydrogens is 516 g/mol. The lowest BCUT2D eigenvalue weighted by Gasteiger charge is -2.36. The average Bonchev–Trinajstić information content (AvgIpc) is 3.32. The SMILES string of the molecule is COC(=O)C(C(=O)OC)[C@H]1[C@H](c2ccc(N(C)C)cc2)[C@@H](c2ccc(N(C)C)cc2)CC1(C(=O)OC)C(=O)OC. The van der Waals surface area contributed by atoms with Crippen LogP contribution in [0.5, 0.6) is 0 Å². The molecule has 0 bridgehead atoms. The van der Waals surface area contributed by atoms with Gasteiger partial charge in [0.05, 0.1) is 28.4 Å². The Bertz CT molecular complexity index is 1190. The molecule has 0 aliphatic heterocycles. The summed E-state index contributed by atoms with van der Waals surface area (Å²) in [5.74, 6) is -7.66. The fourth-order valence-corrected chi connectivity index (χ4v) is 5.97. The van der Waals surface area contributed by atoms with Gasteiger partial charge in [0.15, 0.2) is 11.3 Å². The highest BCUT2D eigenvalue weighted by atomic mass is 16.6. The van der Waals surface area contributed by atoms with Gasteiger partial charge in [0.1, 0.15) is 0 Å². The molecule has 2 aromatic rings. The topological polar surface area (TPSA) is 112 Å². The monoisotopic (exact) mass is 554 g/mol. The molecule has 1 saturated carbocycles. The third-order valence-corrected chi connectivity index (χ3v) is 7.93. The van der Waals surface area contributed by atoms with Crippen molar-refractivity contribution in [3.05, 3.63) is 59.7 Å². The Hall–Kier alpha value is -4.08. The van der Waals surface area contributed by atoms with Gasteiger partial charge >= 0.3 is 23.9 Å². The van der Waals surface area contributed by atoms with Crippen LogP contribution in [0.2, 0.25) is 0 Å². The third-order valence-electron chi connectivity index (χ3n) is 7.93. The summed E-state index contributed by atoms with van der Waals surface area (Å²) in [5, 5.41) is 0. The molecule has 0 unspecified atom stereocenters. The number of hydrogen-bond acceptors (Lipinski definition) is 10. The number of anilines is 2. The third kappa shape index (κ3) is 5.35. The van der Waals surface area contributed by atoms with Gasteiger partial charge < -0.3 is 28.7 Å². The summed E-state index contributed by atoms with van der Waals surface area (Å²) in [6.45, 7) is 0. The Morgan fingerprint density at radius 1 is 0.675 bits per heavy atom. The molecular formula is C30H38N2O8. The summed E-state index contributed by atoms with van der Waals surface area (Å²) >= 11 is 0. The first-order valence-electron chi connectivity index (χ1n) is 12.8. The lowest BCUT2D eigenvalue weighted by Crippen LogP contribution is -2.51. The van der Waals surface area contributed by atoms with Crippen molar-refractivity contribution in [3.63, 3.8) is 0 Å². The maximum absolute atomic E-state index is 13.7. The fourth-order valence-electron chi connectivity index (χ4n) is 5.97. The van der Waals surface area contributed by atoms with Crippen LogP contribution in [0.1, 0.15) is 29.4 Å². The van der Waals surface area contributed by atoms with Crippen LogP contribution in [0, 0.1) is 17.3 Å². The zero-order chi connectivity index (χ0) is 29.8. The number of carbonyl (C=O) groups is 4. The Morgan fingerprint density at radius 3 is 1.43 bits per heavy atom. The minimum absolute atomic E-state index is 0.0666. The van der Waals surface area contributed by atoms with Gasteiger partial charge in [0.25, 0.3) is 0 Å². The minimum atomic E-state index is -2.01. The second-order valence-corrected chi connectivity index (χ2v) is 10.3. The van der Waals surface area contributed by atoms with E-state index in [9.17, 15) is 19.2 Å². The molecule has 3 rings (SSSR count). The molecule has 0 saturated heterocycles. The van der Waals surface area contributed by atoms with Gasteiger partial charge in [-0.1, -0.05) is 24.3 Å². The van der Waals surface area contributed by atoms with Crippen LogP contribution in [0.15, 0.2) is 48.5 Å². The zero-order valence-corrected chi connectivity index (χ0v) is 24.3. The fraction of sp³-hybridized carbons (Fsp3) is 0.467. The highest BCUT2D eigenvalue weighted by Gasteiger charge is 2.69. The van der Waals surface area contributed by atoms with Crippen molar-refractivity contribution in [2.24, 2.45) is 17.3 Å². The number of nitrogens with zero attached hydrogens (tertiary/aromatic N) is 2. The van der Waals surface area contributed by atoms with E-state index in [4.69, 9.17) is 18.9 Å². The number of carbonyl (C=O) groups excluding carboxylic acids is 4. The molecule has 1 fully saturated rings. The van der Waals surface area contributed by atoms with Gasteiger partial charge in [-0.3, -0.25) is 19.2 Å². The molecule has 10 heteroatoms. The van der Waals surface area contributed by atoms with Gasteiger partial charge in [0.2, 0.25) is 0 Å². The Balaban J connectivity index is 2.40. The molecule has 40 heavy (non-hydrogen) atoms. The molecule has 1 aliphatic rings. The first kappa shape index (κ1) is 30.5. The molecule has 0 aromatic heterocycles. The molecule has 216 valence electrons. The molecule has 0 spiro atoms. The van der Waals surface area contributed by atoms with Gasteiger partial charge in [-0.05, 0) is 53.6 Å². The van der Waals surface area contributed by atoms with Gasteiger partial charge in [-0.2, -0.15) is 0 Å². The first-order chi connectivity index (χ1) is 19.0. The summed E-state index contributed by atoms with van der Waals surface area (Å²) in [7, 11) is 12.3. The van der Waals surface area contributed by atoms with Crippen molar-refractivity contribution >= 4 is 35.3 Å². The molecule has 0 heterocycles. The minimum Gasteiger partial charge on any atom is -0.468 e. The smallest absolute Gasteiger partial charge is 0.323 e. The summed E-state index contributed by atoms with van der Waals surface area (Å²) in [6, 6.07) is 15.3. The van der Waals surface area contributed by atoms with Crippen LogP contribution in [0.25, 0.3) is 0 Å². The van der Waals surface area contributed by atoms with Crippen LogP contribution in [0.3, 0.4) is 0 Å². The van der Waals surface area contributed by atoms with Crippen molar-refractivity contribution in [2.45, 2.75) is 18.3 Å². The molecule has 0 radical (unpaired) electrons. The quantitative estimate of drug-likeness (QED) is 0.261. The van der Waals surface area contributed by atoms with Crippen molar-refractivity contribution < 1.29 is 38.1 Å². The predicted octanol–water partition coefficient (Wildman–Crippen LogP) is 3.00. The Labute approximate surface area is 235 Å². The number of esters is 4. The zero-order valence-electron chi connectivity index (χ0n) is 24.3. The molecule has 1 aliphatic carbocycles. The number of rotatable bonds is 9. The van der Waals surface area contributed by atoms with Crippen molar-refractivity contribution in [1.29, 1.82) is 0 Å². The van der Waals surface area contributed by atoms with Gasteiger partial charge in [-0.15, -0.1) is 0 Å². The van der Waals surface area contributed by atoms with Crippen LogP contribution in [-0.4, -0.2) is 80.5 Å².